The Morgan fingerprint density at radius 3 is 2.74 bits per heavy atom. The summed E-state index contributed by atoms with van der Waals surface area (Å²) in [6.07, 6.45) is 9.11. The van der Waals surface area contributed by atoms with Crippen LogP contribution in [0.2, 0.25) is 0 Å². The molecule has 27 heavy (non-hydrogen) atoms. The van der Waals surface area contributed by atoms with Crippen LogP contribution in [0.1, 0.15) is 36.9 Å². The Labute approximate surface area is 159 Å². The third kappa shape index (κ3) is 4.60. The van der Waals surface area contributed by atoms with Crippen molar-refractivity contribution in [1.82, 2.24) is 15.0 Å². The molecule has 1 atom stereocenters. The van der Waals surface area contributed by atoms with E-state index in [9.17, 15) is 5.11 Å². The lowest BCUT2D eigenvalue weighted by atomic mass is 10.0. The number of aliphatic hydroxyl groups excluding tert-OH is 1. The summed E-state index contributed by atoms with van der Waals surface area (Å²) >= 11 is 0. The van der Waals surface area contributed by atoms with Crippen molar-refractivity contribution >= 4 is 5.82 Å². The van der Waals surface area contributed by atoms with Crippen LogP contribution in [0.4, 0.5) is 5.82 Å². The zero-order valence-corrected chi connectivity index (χ0v) is 15.6. The highest BCUT2D eigenvalue weighted by Crippen LogP contribution is 2.28. The predicted octanol–water partition coefficient (Wildman–Crippen LogP) is 3.99. The number of aliphatic hydroxyl groups is 1. The number of pyridine rings is 1. The lowest BCUT2D eigenvalue weighted by Gasteiger charge is -2.19. The van der Waals surface area contributed by atoms with Gasteiger partial charge in [0, 0.05) is 23.5 Å². The van der Waals surface area contributed by atoms with Crippen molar-refractivity contribution in [2.24, 2.45) is 0 Å². The number of anilines is 1. The number of aromatic nitrogens is 3. The number of ether oxygens (including phenoxy) is 1. The molecular weight excluding hydrogens is 340 g/mol. The molecule has 3 aromatic rings. The molecule has 0 radical (unpaired) electrons. The largest absolute Gasteiger partial charge is 0.496 e. The highest BCUT2D eigenvalue weighted by molar-refractivity contribution is 5.63. The first kappa shape index (κ1) is 18.8. The molecule has 0 bridgehead atoms. The summed E-state index contributed by atoms with van der Waals surface area (Å²) in [4.78, 5) is 13.3. The molecule has 2 N–H and O–H groups in total. The van der Waals surface area contributed by atoms with E-state index in [0.29, 0.717) is 11.6 Å². The first-order chi connectivity index (χ1) is 13.2. The van der Waals surface area contributed by atoms with Crippen molar-refractivity contribution in [3.63, 3.8) is 0 Å². The van der Waals surface area contributed by atoms with Crippen LogP contribution >= 0.6 is 0 Å². The summed E-state index contributed by atoms with van der Waals surface area (Å²) in [5.74, 6) is 1.34. The third-order valence-corrected chi connectivity index (χ3v) is 4.37. The van der Waals surface area contributed by atoms with Gasteiger partial charge in [-0.3, -0.25) is 9.97 Å². The SMILES string of the molecule is CCCC(Nc1cncc(-c2ccc(CO)c(OC)c2)n1)c1cccnc1. The smallest absolute Gasteiger partial charge is 0.145 e. The van der Waals surface area contributed by atoms with Crippen LogP contribution in [0.25, 0.3) is 11.3 Å². The number of nitrogens with one attached hydrogen (secondary N) is 1. The first-order valence-electron chi connectivity index (χ1n) is 9.01. The molecule has 0 fully saturated rings. The zero-order chi connectivity index (χ0) is 19.1. The highest BCUT2D eigenvalue weighted by Gasteiger charge is 2.13. The molecule has 6 heteroatoms. The van der Waals surface area contributed by atoms with Crippen LogP contribution in [0.3, 0.4) is 0 Å². The third-order valence-electron chi connectivity index (χ3n) is 4.37. The summed E-state index contributed by atoms with van der Waals surface area (Å²) in [6, 6.07) is 9.74. The summed E-state index contributed by atoms with van der Waals surface area (Å²) in [5.41, 5.74) is 3.49. The van der Waals surface area contributed by atoms with E-state index in [0.717, 1.165) is 35.2 Å². The number of benzene rings is 1. The van der Waals surface area contributed by atoms with Gasteiger partial charge in [-0.25, -0.2) is 4.98 Å². The molecule has 0 amide bonds. The lowest BCUT2D eigenvalue weighted by Crippen LogP contribution is -2.12. The molecule has 2 aromatic heterocycles. The fourth-order valence-corrected chi connectivity index (χ4v) is 2.98. The summed E-state index contributed by atoms with van der Waals surface area (Å²) in [5, 5.41) is 12.9. The average Bonchev–Trinajstić information content (AvgIpc) is 2.73. The van der Waals surface area contributed by atoms with Gasteiger partial charge in [0.2, 0.25) is 0 Å². The molecule has 0 spiro atoms. The Hall–Kier alpha value is -2.99. The van der Waals surface area contributed by atoms with Crippen LogP contribution < -0.4 is 10.1 Å². The van der Waals surface area contributed by atoms with Crippen LogP contribution in [0.5, 0.6) is 5.75 Å². The number of rotatable bonds is 8. The summed E-state index contributed by atoms with van der Waals surface area (Å²) in [7, 11) is 1.59. The fourth-order valence-electron chi connectivity index (χ4n) is 2.98. The van der Waals surface area contributed by atoms with E-state index in [-0.39, 0.29) is 12.6 Å². The van der Waals surface area contributed by atoms with Crippen molar-refractivity contribution in [2.75, 3.05) is 12.4 Å². The molecule has 0 aliphatic rings. The van der Waals surface area contributed by atoms with Crippen LogP contribution in [-0.2, 0) is 6.61 Å². The van der Waals surface area contributed by atoms with Gasteiger partial charge in [0.1, 0.15) is 11.6 Å². The van der Waals surface area contributed by atoms with Gasteiger partial charge in [-0.1, -0.05) is 31.5 Å². The van der Waals surface area contributed by atoms with Gasteiger partial charge >= 0.3 is 0 Å². The van der Waals surface area contributed by atoms with E-state index < -0.39 is 0 Å². The van der Waals surface area contributed by atoms with Crippen molar-refractivity contribution in [2.45, 2.75) is 32.4 Å². The molecule has 140 valence electrons. The Bertz CT molecular complexity index is 871. The Morgan fingerprint density at radius 2 is 2.04 bits per heavy atom. The first-order valence-corrected chi connectivity index (χ1v) is 9.01. The molecule has 2 heterocycles. The molecule has 6 nitrogen and oxygen atoms in total. The van der Waals surface area contributed by atoms with Gasteiger partial charge in [0.05, 0.1) is 37.8 Å². The van der Waals surface area contributed by atoms with Crippen molar-refractivity contribution in [1.29, 1.82) is 0 Å². The lowest BCUT2D eigenvalue weighted by molar-refractivity contribution is 0.274. The van der Waals surface area contributed by atoms with Gasteiger partial charge in [0.25, 0.3) is 0 Å². The minimum atomic E-state index is -0.0689. The molecule has 0 aliphatic carbocycles. The Kier molecular flexibility index (Phi) is 6.33. The molecule has 0 aliphatic heterocycles. The minimum absolute atomic E-state index is 0.0689. The second-order valence-corrected chi connectivity index (χ2v) is 6.25. The average molecular weight is 364 g/mol. The zero-order valence-electron chi connectivity index (χ0n) is 15.6. The van der Waals surface area contributed by atoms with Gasteiger partial charge in [-0.2, -0.15) is 0 Å². The maximum atomic E-state index is 9.39. The van der Waals surface area contributed by atoms with Crippen LogP contribution in [-0.4, -0.2) is 27.2 Å². The van der Waals surface area contributed by atoms with E-state index >= 15 is 0 Å². The maximum absolute atomic E-state index is 9.39. The molecule has 0 saturated carbocycles. The Balaban J connectivity index is 1.87. The van der Waals surface area contributed by atoms with Gasteiger partial charge in [0.15, 0.2) is 0 Å². The van der Waals surface area contributed by atoms with Crippen molar-refractivity contribution in [3.05, 3.63) is 66.2 Å². The van der Waals surface area contributed by atoms with Crippen LogP contribution in [0, 0.1) is 0 Å². The Morgan fingerprint density at radius 1 is 1.15 bits per heavy atom. The maximum Gasteiger partial charge on any atom is 0.145 e. The monoisotopic (exact) mass is 364 g/mol. The minimum Gasteiger partial charge on any atom is -0.496 e. The summed E-state index contributed by atoms with van der Waals surface area (Å²) < 4.78 is 5.35. The number of hydrogen-bond donors (Lipinski definition) is 2. The van der Waals surface area contributed by atoms with Crippen molar-refractivity contribution in [3.8, 4) is 17.0 Å². The van der Waals surface area contributed by atoms with Gasteiger partial charge in [-0.05, 0) is 24.1 Å². The molecule has 0 saturated heterocycles. The normalized spacial score (nSPS) is 11.8. The molecule has 3 rings (SSSR count). The highest BCUT2D eigenvalue weighted by atomic mass is 16.5. The topological polar surface area (TPSA) is 80.2 Å². The molecule has 1 aromatic carbocycles. The summed E-state index contributed by atoms with van der Waals surface area (Å²) in [6.45, 7) is 2.09. The van der Waals surface area contributed by atoms with E-state index in [1.54, 1.807) is 25.7 Å². The van der Waals surface area contributed by atoms with Crippen LogP contribution in [0.15, 0.2) is 55.1 Å². The standard InChI is InChI=1S/C21H24N4O2/c1-3-5-18(16-6-4-9-22-11-16)24-21-13-23-12-19(25-21)15-7-8-17(14-26)20(10-15)27-2/h4,6-13,18,26H,3,5,14H2,1-2H3,(H,24,25). The van der Waals surface area contributed by atoms with Gasteiger partial charge < -0.3 is 15.2 Å². The van der Waals surface area contributed by atoms with E-state index in [2.05, 4.69) is 28.3 Å². The number of hydrogen-bond acceptors (Lipinski definition) is 6. The van der Waals surface area contributed by atoms with Crippen molar-refractivity contribution < 1.29 is 9.84 Å². The number of nitrogens with zero attached hydrogens (tertiary/aromatic N) is 3. The second-order valence-electron chi connectivity index (χ2n) is 6.25. The van der Waals surface area contributed by atoms with Gasteiger partial charge in [-0.15, -0.1) is 0 Å². The van der Waals surface area contributed by atoms with E-state index in [1.165, 1.54) is 0 Å². The molecule has 1 unspecified atom stereocenters. The number of methoxy groups -OCH3 is 1. The van der Waals surface area contributed by atoms with E-state index in [4.69, 9.17) is 9.72 Å². The molecular formula is C21H24N4O2. The predicted molar refractivity (Wildman–Crippen MR) is 105 cm³/mol. The quantitative estimate of drug-likeness (QED) is 0.629. The second kappa shape index (κ2) is 9.09. The fraction of sp³-hybridized carbons (Fsp3) is 0.286. The van der Waals surface area contributed by atoms with E-state index in [1.807, 2.05) is 30.5 Å².